The summed E-state index contributed by atoms with van der Waals surface area (Å²) in [5.41, 5.74) is 0. The van der Waals surface area contributed by atoms with E-state index in [0.29, 0.717) is 13.0 Å². The Hall–Kier alpha value is -0.530. The quantitative estimate of drug-likeness (QED) is 0.191. The number of carbonyl (C=O) groups is 1. The maximum Gasteiger partial charge on any atom is 0.305 e. The third-order valence-corrected chi connectivity index (χ3v) is 4.67. The predicted octanol–water partition coefficient (Wildman–Crippen LogP) is 7.45. The second-order valence-electron chi connectivity index (χ2n) is 7.75. The zero-order valence-electron chi connectivity index (χ0n) is 16.9. The van der Waals surface area contributed by atoms with Crippen LogP contribution in [0.1, 0.15) is 124 Å². The Morgan fingerprint density at radius 1 is 0.708 bits per heavy atom. The molecular formula is C22H44O2. The van der Waals surface area contributed by atoms with Gasteiger partial charge in [-0.3, -0.25) is 4.79 Å². The van der Waals surface area contributed by atoms with E-state index >= 15 is 0 Å². The van der Waals surface area contributed by atoms with Crippen LogP contribution in [0, 0.1) is 5.92 Å². The molecule has 0 saturated heterocycles. The Balaban J connectivity index is 3.14. The number of esters is 1. The SMILES string of the molecule is CCCCCCCOC(=O)CCCCCCCCCCCC(C)C. The molecular weight excluding hydrogens is 296 g/mol. The molecule has 0 aliphatic rings. The fourth-order valence-corrected chi connectivity index (χ4v) is 3.02. The van der Waals surface area contributed by atoms with Crippen LogP contribution in [0.3, 0.4) is 0 Å². The predicted molar refractivity (Wildman–Crippen MR) is 105 cm³/mol. The van der Waals surface area contributed by atoms with Gasteiger partial charge in [0.05, 0.1) is 6.61 Å². The number of hydrogen-bond donors (Lipinski definition) is 0. The molecule has 2 nitrogen and oxygen atoms in total. The molecule has 2 heteroatoms. The van der Waals surface area contributed by atoms with E-state index < -0.39 is 0 Å². The first-order valence-corrected chi connectivity index (χ1v) is 10.8. The lowest BCUT2D eigenvalue weighted by molar-refractivity contribution is -0.143. The minimum Gasteiger partial charge on any atom is -0.466 e. The van der Waals surface area contributed by atoms with E-state index in [1.807, 2.05) is 0 Å². The van der Waals surface area contributed by atoms with Crippen LogP contribution in [-0.2, 0) is 9.53 Å². The van der Waals surface area contributed by atoms with Gasteiger partial charge in [-0.05, 0) is 18.8 Å². The van der Waals surface area contributed by atoms with Gasteiger partial charge in [0.2, 0.25) is 0 Å². The number of rotatable bonds is 18. The average Bonchev–Trinajstić information content (AvgIpc) is 2.55. The summed E-state index contributed by atoms with van der Waals surface area (Å²) in [5, 5.41) is 0. The molecule has 24 heavy (non-hydrogen) atoms. The third-order valence-electron chi connectivity index (χ3n) is 4.67. The van der Waals surface area contributed by atoms with Gasteiger partial charge < -0.3 is 4.74 Å². The molecule has 0 atom stereocenters. The first-order chi connectivity index (χ1) is 11.7. The molecule has 0 aliphatic carbocycles. The van der Waals surface area contributed by atoms with E-state index in [1.165, 1.54) is 83.5 Å². The van der Waals surface area contributed by atoms with Gasteiger partial charge in [0.15, 0.2) is 0 Å². The van der Waals surface area contributed by atoms with Crippen molar-refractivity contribution in [3.05, 3.63) is 0 Å². The van der Waals surface area contributed by atoms with Crippen LogP contribution in [0.2, 0.25) is 0 Å². The van der Waals surface area contributed by atoms with Gasteiger partial charge in [-0.2, -0.15) is 0 Å². The maximum absolute atomic E-state index is 11.6. The molecule has 144 valence electrons. The first kappa shape index (κ1) is 23.5. The van der Waals surface area contributed by atoms with Gasteiger partial charge in [0.1, 0.15) is 0 Å². The summed E-state index contributed by atoms with van der Waals surface area (Å²) in [6, 6.07) is 0. The van der Waals surface area contributed by atoms with E-state index in [4.69, 9.17) is 4.74 Å². The summed E-state index contributed by atoms with van der Waals surface area (Å²) in [5.74, 6) is 0.869. The number of hydrogen-bond acceptors (Lipinski definition) is 2. The number of ether oxygens (including phenoxy) is 1. The fraction of sp³-hybridized carbons (Fsp3) is 0.955. The number of unbranched alkanes of at least 4 members (excludes halogenated alkanes) is 12. The van der Waals surface area contributed by atoms with Gasteiger partial charge in [0.25, 0.3) is 0 Å². The minimum atomic E-state index is 0.00986. The maximum atomic E-state index is 11.6. The van der Waals surface area contributed by atoms with Gasteiger partial charge >= 0.3 is 5.97 Å². The van der Waals surface area contributed by atoms with E-state index in [1.54, 1.807) is 0 Å². The molecule has 0 bridgehead atoms. The Labute approximate surface area is 152 Å². The zero-order chi connectivity index (χ0) is 17.9. The van der Waals surface area contributed by atoms with Crippen LogP contribution >= 0.6 is 0 Å². The van der Waals surface area contributed by atoms with Crippen molar-refractivity contribution in [3.8, 4) is 0 Å². The van der Waals surface area contributed by atoms with Crippen LogP contribution in [0.4, 0.5) is 0 Å². The smallest absolute Gasteiger partial charge is 0.305 e. The monoisotopic (exact) mass is 340 g/mol. The third kappa shape index (κ3) is 19.5. The molecule has 0 aromatic rings. The fourth-order valence-electron chi connectivity index (χ4n) is 3.02. The molecule has 0 heterocycles. The molecule has 0 saturated carbocycles. The molecule has 0 radical (unpaired) electrons. The van der Waals surface area contributed by atoms with E-state index in [-0.39, 0.29) is 5.97 Å². The van der Waals surface area contributed by atoms with Crippen molar-refractivity contribution < 1.29 is 9.53 Å². The standard InChI is InChI=1S/C22H44O2/c1-4-5-6-14-17-20-24-22(23)19-16-13-11-9-7-8-10-12-15-18-21(2)3/h21H,4-20H2,1-3H3. The second-order valence-corrected chi connectivity index (χ2v) is 7.75. The van der Waals surface area contributed by atoms with Crippen molar-refractivity contribution in [2.45, 2.75) is 124 Å². The Bertz CT molecular complexity index is 261. The highest BCUT2D eigenvalue weighted by atomic mass is 16.5. The summed E-state index contributed by atoms with van der Waals surface area (Å²) in [4.78, 5) is 11.6. The summed E-state index contributed by atoms with van der Waals surface area (Å²) in [6.07, 6.45) is 19.8. The van der Waals surface area contributed by atoms with Crippen LogP contribution < -0.4 is 0 Å². The summed E-state index contributed by atoms with van der Waals surface area (Å²) < 4.78 is 5.28. The highest BCUT2D eigenvalue weighted by Crippen LogP contribution is 2.13. The Morgan fingerprint density at radius 3 is 1.79 bits per heavy atom. The molecule has 0 spiro atoms. The van der Waals surface area contributed by atoms with Crippen LogP contribution in [0.15, 0.2) is 0 Å². The molecule has 0 N–H and O–H groups in total. The van der Waals surface area contributed by atoms with Gasteiger partial charge in [-0.25, -0.2) is 0 Å². The lowest BCUT2D eigenvalue weighted by Gasteiger charge is -2.05. The van der Waals surface area contributed by atoms with Gasteiger partial charge in [-0.15, -0.1) is 0 Å². The molecule has 0 aliphatic heterocycles. The molecule has 0 aromatic carbocycles. The lowest BCUT2D eigenvalue weighted by Crippen LogP contribution is -2.05. The molecule has 0 aromatic heterocycles. The van der Waals surface area contributed by atoms with E-state index in [2.05, 4.69) is 20.8 Å². The zero-order valence-corrected chi connectivity index (χ0v) is 16.9. The summed E-state index contributed by atoms with van der Waals surface area (Å²) in [7, 11) is 0. The van der Waals surface area contributed by atoms with E-state index in [0.717, 1.165) is 18.8 Å². The van der Waals surface area contributed by atoms with Crippen LogP contribution in [-0.4, -0.2) is 12.6 Å². The summed E-state index contributed by atoms with van der Waals surface area (Å²) >= 11 is 0. The highest BCUT2D eigenvalue weighted by molar-refractivity contribution is 5.69. The van der Waals surface area contributed by atoms with Gasteiger partial charge in [-0.1, -0.05) is 104 Å². The van der Waals surface area contributed by atoms with Gasteiger partial charge in [0, 0.05) is 6.42 Å². The van der Waals surface area contributed by atoms with Crippen molar-refractivity contribution in [1.29, 1.82) is 0 Å². The second kappa shape index (κ2) is 18.8. The van der Waals surface area contributed by atoms with Crippen LogP contribution in [0.25, 0.3) is 0 Å². The Kier molecular flexibility index (Phi) is 18.4. The van der Waals surface area contributed by atoms with Crippen molar-refractivity contribution in [2.75, 3.05) is 6.61 Å². The molecule has 0 fully saturated rings. The molecule has 0 amide bonds. The molecule has 0 unspecified atom stereocenters. The minimum absolute atomic E-state index is 0.00986. The lowest BCUT2D eigenvalue weighted by atomic mass is 10.0. The average molecular weight is 341 g/mol. The van der Waals surface area contributed by atoms with E-state index in [9.17, 15) is 4.79 Å². The highest BCUT2D eigenvalue weighted by Gasteiger charge is 2.02. The van der Waals surface area contributed by atoms with Crippen LogP contribution in [0.5, 0.6) is 0 Å². The largest absolute Gasteiger partial charge is 0.466 e. The Morgan fingerprint density at radius 2 is 1.21 bits per heavy atom. The van der Waals surface area contributed by atoms with Crippen molar-refractivity contribution in [2.24, 2.45) is 5.92 Å². The topological polar surface area (TPSA) is 26.3 Å². The van der Waals surface area contributed by atoms with Crippen molar-refractivity contribution in [3.63, 3.8) is 0 Å². The van der Waals surface area contributed by atoms with Crippen molar-refractivity contribution >= 4 is 5.97 Å². The van der Waals surface area contributed by atoms with Crippen molar-refractivity contribution in [1.82, 2.24) is 0 Å². The summed E-state index contributed by atoms with van der Waals surface area (Å²) in [6.45, 7) is 7.46. The number of carbonyl (C=O) groups excluding carboxylic acids is 1. The normalized spacial score (nSPS) is 11.2. The molecule has 0 rings (SSSR count). The first-order valence-electron chi connectivity index (χ1n) is 10.8.